The van der Waals surface area contributed by atoms with Crippen LogP contribution in [-0.2, 0) is 6.61 Å². The van der Waals surface area contributed by atoms with E-state index in [2.05, 4.69) is 5.43 Å². The molecule has 0 heterocycles. The number of nitrogen functional groups attached to an aromatic ring is 1. The SMILES string of the molecule is NNC(=O)c1ccccc1COc1ccccc1F. The summed E-state index contributed by atoms with van der Waals surface area (Å²) in [5, 5.41) is 0. The van der Waals surface area contributed by atoms with Crippen LogP contribution in [-0.4, -0.2) is 5.91 Å². The minimum absolute atomic E-state index is 0.0878. The number of ether oxygens (including phenoxy) is 1. The Morgan fingerprint density at radius 3 is 2.58 bits per heavy atom. The number of carbonyl (C=O) groups is 1. The number of para-hydroxylation sites is 1. The van der Waals surface area contributed by atoms with Crippen LogP contribution < -0.4 is 16.0 Å². The highest BCUT2D eigenvalue weighted by Gasteiger charge is 2.10. The van der Waals surface area contributed by atoms with Crippen molar-refractivity contribution in [3.8, 4) is 5.75 Å². The van der Waals surface area contributed by atoms with Crippen LogP contribution in [0.2, 0.25) is 0 Å². The Morgan fingerprint density at radius 2 is 1.84 bits per heavy atom. The molecule has 0 aliphatic carbocycles. The number of amides is 1. The second kappa shape index (κ2) is 5.97. The molecule has 0 aliphatic rings. The topological polar surface area (TPSA) is 64.3 Å². The Bertz CT molecular complexity index is 587. The summed E-state index contributed by atoms with van der Waals surface area (Å²) in [5.41, 5.74) is 3.10. The Labute approximate surface area is 110 Å². The van der Waals surface area contributed by atoms with Crippen molar-refractivity contribution < 1.29 is 13.9 Å². The minimum atomic E-state index is -0.441. The number of rotatable bonds is 4. The van der Waals surface area contributed by atoms with Crippen molar-refractivity contribution >= 4 is 5.91 Å². The maximum Gasteiger partial charge on any atom is 0.265 e. The van der Waals surface area contributed by atoms with Gasteiger partial charge in [0, 0.05) is 11.1 Å². The number of benzene rings is 2. The molecule has 0 aliphatic heterocycles. The van der Waals surface area contributed by atoms with Crippen LogP contribution in [0, 0.1) is 5.82 Å². The number of hydrazine groups is 1. The molecule has 0 radical (unpaired) electrons. The van der Waals surface area contributed by atoms with E-state index in [0.29, 0.717) is 11.1 Å². The summed E-state index contributed by atoms with van der Waals surface area (Å²) >= 11 is 0. The molecule has 19 heavy (non-hydrogen) atoms. The van der Waals surface area contributed by atoms with Crippen LogP contribution >= 0.6 is 0 Å². The summed E-state index contributed by atoms with van der Waals surface area (Å²) in [6.07, 6.45) is 0. The quantitative estimate of drug-likeness (QED) is 0.502. The molecule has 0 bridgehead atoms. The normalized spacial score (nSPS) is 10.0. The lowest BCUT2D eigenvalue weighted by Crippen LogP contribution is -2.30. The van der Waals surface area contributed by atoms with Crippen molar-refractivity contribution in [1.82, 2.24) is 5.43 Å². The van der Waals surface area contributed by atoms with Crippen LogP contribution in [0.25, 0.3) is 0 Å². The van der Waals surface area contributed by atoms with Crippen molar-refractivity contribution in [1.29, 1.82) is 0 Å². The van der Waals surface area contributed by atoms with E-state index in [-0.39, 0.29) is 12.4 Å². The summed E-state index contributed by atoms with van der Waals surface area (Å²) in [6, 6.07) is 12.9. The summed E-state index contributed by atoms with van der Waals surface area (Å²) < 4.78 is 18.8. The van der Waals surface area contributed by atoms with E-state index in [0.717, 1.165) is 0 Å². The van der Waals surface area contributed by atoms with Gasteiger partial charge < -0.3 is 4.74 Å². The first kappa shape index (κ1) is 13.0. The Kier molecular flexibility index (Phi) is 4.10. The molecule has 0 fully saturated rings. The van der Waals surface area contributed by atoms with E-state index in [1.807, 2.05) is 0 Å². The Morgan fingerprint density at radius 1 is 1.16 bits per heavy atom. The number of nitrogens with one attached hydrogen (secondary N) is 1. The lowest BCUT2D eigenvalue weighted by Gasteiger charge is -2.10. The number of halogens is 1. The molecule has 2 aromatic rings. The standard InChI is InChI=1S/C14H13FN2O2/c15-12-7-3-4-8-13(12)19-9-10-5-1-2-6-11(10)14(18)17-16/h1-8H,9,16H2,(H,17,18). The molecule has 0 aromatic heterocycles. The number of hydrogen-bond donors (Lipinski definition) is 2. The van der Waals surface area contributed by atoms with Crippen molar-refractivity contribution in [2.75, 3.05) is 0 Å². The van der Waals surface area contributed by atoms with E-state index in [9.17, 15) is 9.18 Å². The van der Waals surface area contributed by atoms with Gasteiger partial charge in [-0.05, 0) is 18.2 Å². The van der Waals surface area contributed by atoms with Gasteiger partial charge in [0.1, 0.15) is 6.61 Å². The first-order chi connectivity index (χ1) is 9.22. The third kappa shape index (κ3) is 3.08. The number of nitrogens with two attached hydrogens (primary N) is 1. The molecule has 0 unspecified atom stereocenters. The molecule has 0 saturated heterocycles. The van der Waals surface area contributed by atoms with Crippen molar-refractivity contribution in [3.63, 3.8) is 0 Å². The predicted molar refractivity (Wildman–Crippen MR) is 68.8 cm³/mol. The van der Waals surface area contributed by atoms with Gasteiger partial charge in [-0.25, -0.2) is 10.2 Å². The predicted octanol–water partition coefficient (Wildman–Crippen LogP) is 2.01. The zero-order valence-corrected chi connectivity index (χ0v) is 10.1. The zero-order chi connectivity index (χ0) is 13.7. The van der Waals surface area contributed by atoms with Gasteiger partial charge in [0.2, 0.25) is 0 Å². The molecule has 5 heteroatoms. The minimum Gasteiger partial charge on any atom is -0.486 e. The second-order valence-electron chi connectivity index (χ2n) is 3.85. The second-order valence-corrected chi connectivity index (χ2v) is 3.85. The van der Waals surface area contributed by atoms with Gasteiger partial charge in [-0.15, -0.1) is 0 Å². The average molecular weight is 260 g/mol. The third-order valence-corrected chi connectivity index (χ3v) is 2.61. The molecule has 3 N–H and O–H groups in total. The summed E-state index contributed by atoms with van der Waals surface area (Å²) in [7, 11) is 0. The van der Waals surface area contributed by atoms with Crippen LogP contribution in [0.1, 0.15) is 15.9 Å². The van der Waals surface area contributed by atoms with Crippen LogP contribution in [0.5, 0.6) is 5.75 Å². The van der Waals surface area contributed by atoms with Gasteiger partial charge in [0.05, 0.1) is 0 Å². The Balaban J connectivity index is 2.16. The maximum absolute atomic E-state index is 13.4. The van der Waals surface area contributed by atoms with E-state index in [4.69, 9.17) is 10.6 Å². The maximum atomic E-state index is 13.4. The highest BCUT2D eigenvalue weighted by Crippen LogP contribution is 2.18. The van der Waals surface area contributed by atoms with Gasteiger partial charge in [-0.1, -0.05) is 30.3 Å². The lowest BCUT2D eigenvalue weighted by molar-refractivity contribution is 0.0951. The van der Waals surface area contributed by atoms with Gasteiger partial charge in [0.15, 0.2) is 11.6 Å². The molecule has 0 atom stereocenters. The van der Waals surface area contributed by atoms with E-state index in [1.165, 1.54) is 12.1 Å². The highest BCUT2D eigenvalue weighted by atomic mass is 19.1. The van der Waals surface area contributed by atoms with Crippen LogP contribution in [0.3, 0.4) is 0 Å². The summed E-state index contributed by atoms with van der Waals surface area (Å²) in [4.78, 5) is 11.5. The molecule has 0 saturated carbocycles. The van der Waals surface area contributed by atoms with E-state index in [1.54, 1.807) is 36.4 Å². The fourth-order valence-corrected chi connectivity index (χ4v) is 1.66. The van der Waals surface area contributed by atoms with Gasteiger partial charge in [-0.2, -0.15) is 0 Å². The third-order valence-electron chi connectivity index (χ3n) is 2.61. The lowest BCUT2D eigenvalue weighted by atomic mass is 10.1. The van der Waals surface area contributed by atoms with E-state index >= 15 is 0 Å². The smallest absolute Gasteiger partial charge is 0.265 e. The van der Waals surface area contributed by atoms with Crippen molar-refractivity contribution in [2.24, 2.45) is 5.84 Å². The molecule has 0 spiro atoms. The van der Waals surface area contributed by atoms with Crippen LogP contribution in [0.15, 0.2) is 48.5 Å². The monoisotopic (exact) mass is 260 g/mol. The summed E-state index contributed by atoms with van der Waals surface area (Å²) in [6.45, 7) is 0.0878. The molecule has 2 aromatic carbocycles. The zero-order valence-electron chi connectivity index (χ0n) is 10.1. The molecule has 98 valence electrons. The molecule has 1 amide bonds. The number of carbonyl (C=O) groups excluding carboxylic acids is 1. The van der Waals surface area contributed by atoms with Gasteiger partial charge in [0.25, 0.3) is 5.91 Å². The Hall–Kier alpha value is -2.40. The largest absolute Gasteiger partial charge is 0.486 e. The van der Waals surface area contributed by atoms with Crippen molar-refractivity contribution in [3.05, 3.63) is 65.5 Å². The van der Waals surface area contributed by atoms with Crippen LogP contribution in [0.4, 0.5) is 4.39 Å². The molecular formula is C14H13FN2O2. The van der Waals surface area contributed by atoms with Crippen molar-refractivity contribution in [2.45, 2.75) is 6.61 Å². The molecule has 4 nitrogen and oxygen atoms in total. The fraction of sp³-hybridized carbons (Fsp3) is 0.0714. The summed E-state index contributed by atoms with van der Waals surface area (Å²) in [5.74, 6) is 4.40. The van der Waals surface area contributed by atoms with Gasteiger partial charge in [-0.3, -0.25) is 10.2 Å². The highest BCUT2D eigenvalue weighted by molar-refractivity contribution is 5.95. The van der Waals surface area contributed by atoms with E-state index < -0.39 is 11.7 Å². The molecular weight excluding hydrogens is 247 g/mol. The first-order valence-corrected chi connectivity index (χ1v) is 5.68. The van der Waals surface area contributed by atoms with Gasteiger partial charge >= 0.3 is 0 Å². The first-order valence-electron chi connectivity index (χ1n) is 5.68. The average Bonchev–Trinajstić information content (AvgIpc) is 2.46. The fourth-order valence-electron chi connectivity index (χ4n) is 1.66. The number of hydrogen-bond acceptors (Lipinski definition) is 3. The molecule has 2 rings (SSSR count).